The molecular formula is C16H12ClN3O6. The van der Waals surface area contributed by atoms with Gasteiger partial charge in [-0.3, -0.25) is 19.7 Å². The summed E-state index contributed by atoms with van der Waals surface area (Å²) in [5.74, 6) is -1.05. The van der Waals surface area contributed by atoms with Gasteiger partial charge in [0.05, 0.1) is 4.92 Å². The molecule has 0 aromatic heterocycles. The molecule has 2 rings (SSSR count). The Hall–Kier alpha value is -3.33. The first-order valence-electron chi connectivity index (χ1n) is 7.13. The first-order valence-corrected chi connectivity index (χ1v) is 7.50. The largest absolute Gasteiger partial charge is 0.427 e. The van der Waals surface area contributed by atoms with Gasteiger partial charge in [0.15, 0.2) is 11.4 Å². The van der Waals surface area contributed by atoms with Gasteiger partial charge in [-0.05, 0) is 24.3 Å². The van der Waals surface area contributed by atoms with E-state index in [0.29, 0.717) is 0 Å². The molecular weight excluding hydrogens is 366 g/mol. The van der Waals surface area contributed by atoms with Crippen LogP contribution in [-0.4, -0.2) is 16.9 Å². The Morgan fingerprint density at radius 1 is 1.00 bits per heavy atom. The molecule has 2 aromatic rings. The molecule has 0 fully saturated rings. The second kappa shape index (κ2) is 8.17. The molecule has 26 heavy (non-hydrogen) atoms. The van der Waals surface area contributed by atoms with Crippen molar-refractivity contribution in [1.29, 1.82) is 0 Å². The molecule has 0 aliphatic rings. The average Bonchev–Trinajstić information content (AvgIpc) is 2.53. The summed E-state index contributed by atoms with van der Waals surface area (Å²) >= 11 is 5.74. The molecule has 2 aromatic carbocycles. The second-order valence-corrected chi connectivity index (χ2v) is 5.34. The van der Waals surface area contributed by atoms with Gasteiger partial charge in [0.25, 0.3) is 5.69 Å². The molecule has 9 nitrogen and oxygen atoms in total. The van der Waals surface area contributed by atoms with Crippen LogP contribution >= 0.6 is 11.6 Å². The lowest BCUT2D eigenvalue weighted by molar-refractivity contribution is -0.384. The van der Waals surface area contributed by atoms with E-state index in [1.54, 1.807) is 0 Å². The number of hydrogen-bond acceptors (Lipinski definition) is 8. The van der Waals surface area contributed by atoms with Crippen LogP contribution in [0.4, 0.5) is 17.1 Å². The van der Waals surface area contributed by atoms with Crippen LogP contribution in [0.2, 0.25) is 5.02 Å². The maximum absolute atomic E-state index is 11.2. The summed E-state index contributed by atoms with van der Waals surface area (Å²) in [5, 5.41) is 19.0. The highest BCUT2D eigenvalue weighted by Crippen LogP contribution is 2.36. The molecule has 0 saturated heterocycles. The van der Waals surface area contributed by atoms with Crippen LogP contribution in [0.5, 0.6) is 11.5 Å². The van der Waals surface area contributed by atoms with E-state index in [9.17, 15) is 19.7 Å². The third kappa shape index (κ3) is 5.08. The molecule has 0 atom stereocenters. The van der Waals surface area contributed by atoms with E-state index < -0.39 is 16.9 Å². The van der Waals surface area contributed by atoms with Crippen molar-refractivity contribution in [3.63, 3.8) is 0 Å². The van der Waals surface area contributed by atoms with Crippen LogP contribution < -0.4 is 9.47 Å². The molecule has 0 spiro atoms. The fourth-order valence-electron chi connectivity index (χ4n) is 1.88. The molecule has 0 aliphatic carbocycles. The van der Waals surface area contributed by atoms with E-state index in [1.165, 1.54) is 44.2 Å². The summed E-state index contributed by atoms with van der Waals surface area (Å²) in [5.41, 5.74) is -0.246. The number of halogens is 1. The van der Waals surface area contributed by atoms with Gasteiger partial charge in [0.2, 0.25) is 0 Å². The number of nitro groups is 1. The normalized spacial score (nSPS) is 10.6. The Morgan fingerprint density at radius 2 is 1.62 bits per heavy atom. The van der Waals surface area contributed by atoms with Gasteiger partial charge in [-0.25, -0.2) is 0 Å². The molecule has 0 heterocycles. The lowest BCUT2D eigenvalue weighted by atomic mass is 10.2. The number of nitro benzene ring substituents is 1. The van der Waals surface area contributed by atoms with Crippen molar-refractivity contribution >= 4 is 40.6 Å². The van der Waals surface area contributed by atoms with Crippen LogP contribution in [0.25, 0.3) is 0 Å². The number of rotatable bonds is 5. The van der Waals surface area contributed by atoms with Crippen LogP contribution in [0.3, 0.4) is 0 Å². The second-order valence-electron chi connectivity index (χ2n) is 4.91. The highest BCUT2D eigenvalue weighted by Gasteiger charge is 2.15. The van der Waals surface area contributed by atoms with Gasteiger partial charge in [0, 0.05) is 31.0 Å². The van der Waals surface area contributed by atoms with Crippen molar-refractivity contribution in [2.24, 2.45) is 10.2 Å². The summed E-state index contributed by atoms with van der Waals surface area (Å²) in [6.07, 6.45) is 0. The zero-order valence-electron chi connectivity index (χ0n) is 13.6. The van der Waals surface area contributed by atoms with Crippen LogP contribution in [0.15, 0.2) is 46.6 Å². The predicted octanol–water partition coefficient (Wildman–Crippen LogP) is 4.51. The highest BCUT2D eigenvalue weighted by atomic mass is 35.5. The minimum Gasteiger partial charge on any atom is -0.427 e. The Labute approximate surface area is 152 Å². The molecule has 0 aliphatic heterocycles. The number of carbonyl (C=O) groups is 2. The van der Waals surface area contributed by atoms with E-state index in [2.05, 4.69) is 10.2 Å². The van der Waals surface area contributed by atoms with E-state index in [4.69, 9.17) is 21.1 Å². The van der Waals surface area contributed by atoms with Crippen molar-refractivity contribution in [2.75, 3.05) is 0 Å². The van der Waals surface area contributed by atoms with Gasteiger partial charge in [-0.1, -0.05) is 11.6 Å². The van der Waals surface area contributed by atoms with E-state index in [-0.39, 0.29) is 33.6 Å². The topological polar surface area (TPSA) is 120 Å². The third-order valence-corrected chi connectivity index (χ3v) is 3.08. The Morgan fingerprint density at radius 3 is 2.23 bits per heavy atom. The van der Waals surface area contributed by atoms with Crippen molar-refractivity contribution in [3.05, 3.63) is 51.5 Å². The smallest absolute Gasteiger partial charge is 0.308 e. The molecule has 134 valence electrons. The van der Waals surface area contributed by atoms with Crippen molar-refractivity contribution in [3.8, 4) is 11.5 Å². The summed E-state index contributed by atoms with van der Waals surface area (Å²) in [6.45, 7) is 2.41. The number of ether oxygens (including phenoxy) is 2. The summed E-state index contributed by atoms with van der Waals surface area (Å²) in [6, 6.07) is 8.00. The van der Waals surface area contributed by atoms with Crippen molar-refractivity contribution in [2.45, 2.75) is 13.8 Å². The van der Waals surface area contributed by atoms with Gasteiger partial charge in [-0.15, -0.1) is 10.2 Å². The predicted molar refractivity (Wildman–Crippen MR) is 91.3 cm³/mol. The van der Waals surface area contributed by atoms with Gasteiger partial charge in [0.1, 0.15) is 11.4 Å². The van der Waals surface area contributed by atoms with Crippen LogP contribution in [0, 0.1) is 10.1 Å². The molecule has 0 bridgehead atoms. The average molecular weight is 378 g/mol. The number of carbonyl (C=O) groups excluding carboxylic acids is 2. The number of nitrogens with zero attached hydrogens (tertiary/aromatic N) is 3. The quantitative estimate of drug-likeness (QED) is 0.248. The summed E-state index contributed by atoms with van der Waals surface area (Å²) in [7, 11) is 0. The Balaban J connectivity index is 2.42. The van der Waals surface area contributed by atoms with Crippen molar-refractivity contribution < 1.29 is 24.0 Å². The highest BCUT2D eigenvalue weighted by molar-refractivity contribution is 6.30. The molecule has 0 saturated carbocycles. The van der Waals surface area contributed by atoms with E-state index in [0.717, 1.165) is 6.07 Å². The monoisotopic (exact) mass is 377 g/mol. The fraction of sp³-hybridized carbons (Fsp3) is 0.125. The SMILES string of the molecule is CC(=O)Oc1ccc(/N=N/c2ccc(Cl)cc2[N+](=O)[O-])c(OC(C)=O)c1. The lowest BCUT2D eigenvalue weighted by Gasteiger charge is -2.07. The maximum atomic E-state index is 11.2. The molecule has 10 heteroatoms. The van der Waals surface area contributed by atoms with Crippen LogP contribution in [-0.2, 0) is 9.59 Å². The number of esters is 2. The van der Waals surface area contributed by atoms with Gasteiger partial charge < -0.3 is 9.47 Å². The van der Waals surface area contributed by atoms with E-state index in [1.807, 2.05) is 0 Å². The van der Waals surface area contributed by atoms with E-state index >= 15 is 0 Å². The molecule has 0 radical (unpaired) electrons. The third-order valence-electron chi connectivity index (χ3n) is 2.85. The lowest BCUT2D eigenvalue weighted by Crippen LogP contribution is -2.04. The van der Waals surface area contributed by atoms with Crippen LogP contribution in [0.1, 0.15) is 13.8 Å². The van der Waals surface area contributed by atoms with Crippen molar-refractivity contribution in [1.82, 2.24) is 0 Å². The fourth-order valence-corrected chi connectivity index (χ4v) is 2.04. The Kier molecular flexibility index (Phi) is 5.97. The summed E-state index contributed by atoms with van der Waals surface area (Å²) in [4.78, 5) is 32.7. The standard InChI is InChI=1S/C16H12ClN3O6/c1-9(21)25-12-4-6-14(16(8-12)26-10(2)22)19-18-13-5-3-11(17)7-15(13)20(23)24/h3-8H,1-2H3/b19-18+. The number of azo groups is 1. The first kappa shape index (κ1) is 19.0. The number of hydrogen-bond donors (Lipinski definition) is 0. The minimum atomic E-state index is -0.642. The summed E-state index contributed by atoms with van der Waals surface area (Å²) < 4.78 is 9.93. The van der Waals surface area contributed by atoms with Gasteiger partial charge >= 0.3 is 11.9 Å². The first-order chi connectivity index (χ1) is 12.3. The van der Waals surface area contributed by atoms with Gasteiger partial charge in [-0.2, -0.15) is 0 Å². The molecule has 0 N–H and O–H groups in total. The minimum absolute atomic E-state index is 0.0170. The molecule has 0 unspecified atom stereocenters. The zero-order chi connectivity index (χ0) is 19.3. The molecule has 0 amide bonds. The Bertz CT molecular complexity index is 913. The maximum Gasteiger partial charge on any atom is 0.308 e. The number of benzene rings is 2. The zero-order valence-corrected chi connectivity index (χ0v) is 14.4.